The summed E-state index contributed by atoms with van der Waals surface area (Å²) in [5, 5.41) is 3.95. The van der Waals surface area contributed by atoms with Gasteiger partial charge in [-0.2, -0.15) is 9.29 Å². The summed E-state index contributed by atoms with van der Waals surface area (Å²) in [7, 11) is -3.59. The minimum absolute atomic E-state index is 0.120. The molecule has 1 saturated heterocycles. The van der Waals surface area contributed by atoms with Gasteiger partial charge in [0.25, 0.3) is 5.89 Å². The van der Waals surface area contributed by atoms with Crippen molar-refractivity contribution in [2.24, 2.45) is 0 Å². The number of hydrogen-bond donors (Lipinski definition) is 0. The van der Waals surface area contributed by atoms with Gasteiger partial charge in [0.1, 0.15) is 0 Å². The van der Waals surface area contributed by atoms with Crippen molar-refractivity contribution in [3.8, 4) is 11.4 Å². The number of ether oxygens (including phenoxy) is 1. The van der Waals surface area contributed by atoms with Crippen LogP contribution in [0.15, 0.2) is 64.3 Å². The highest BCUT2D eigenvalue weighted by atomic mass is 32.2. The average Bonchev–Trinajstić information content (AvgIpc) is 3.20. The van der Waals surface area contributed by atoms with E-state index in [4.69, 9.17) is 9.26 Å². The summed E-state index contributed by atoms with van der Waals surface area (Å²) >= 11 is 0. The Hall–Kier alpha value is -2.62. The molecule has 0 radical (unpaired) electrons. The minimum Gasteiger partial charge on any atom is -0.366 e. The second-order valence-corrected chi connectivity index (χ2v) is 7.67. The van der Waals surface area contributed by atoms with Gasteiger partial charge < -0.3 is 9.26 Å². The molecule has 0 saturated carbocycles. The van der Waals surface area contributed by atoms with Crippen LogP contribution >= 0.6 is 0 Å². The Bertz CT molecular complexity index is 976. The van der Waals surface area contributed by atoms with E-state index in [2.05, 4.69) is 15.1 Å². The molecule has 1 aliphatic rings. The predicted octanol–water partition coefficient (Wildman–Crippen LogP) is 1.89. The zero-order valence-corrected chi connectivity index (χ0v) is 14.5. The maximum atomic E-state index is 12.8. The largest absolute Gasteiger partial charge is 0.366 e. The van der Waals surface area contributed by atoms with Crippen LogP contribution in [-0.4, -0.2) is 47.5 Å². The van der Waals surface area contributed by atoms with Crippen molar-refractivity contribution in [2.75, 3.05) is 19.7 Å². The molecule has 3 aromatic rings. The molecule has 0 amide bonds. The molecule has 26 heavy (non-hydrogen) atoms. The van der Waals surface area contributed by atoms with Crippen molar-refractivity contribution in [1.82, 2.24) is 19.4 Å². The van der Waals surface area contributed by atoms with E-state index in [-0.39, 0.29) is 30.5 Å². The van der Waals surface area contributed by atoms with E-state index in [1.54, 1.807) is 54.9 Å². The standard InChI is InChI=1S/C17H16N4O4S/c22-26(23,14-4-2-1-3-5-14)21-10-11-24-15(12-21)17-19-16(20-25-17)13-6-8-18-9-7-13/h1-9,15H,10-12H2/t15-/m0/s1. The number of hydrogen-bond acceptors (Lipinski definition) is 7. The highest BCUT2D eigenvalue weighted by molar-refractivity contribution is 7.89. The number of morpholine rings is 1. The highest BCUT2D eigenvalue weighted by Crippen LogP contribution is 2.27. The Balaban J connectivity index is 1.55. The second kappa shape index (κ2) is 6.94. The van der Waals surface area contributed by atoms with Gasteiger partial charge in [-0.1, -0.05) is 23.4 Å². The Morgan fingerprint density at radius 2 is 1.85 bits per heavy atom. The van der Waals surface area contributed by atoms with Gasteiger partial charge in [-0.15, -0.1) is 0 Å². The Morgan fingerprint density at radius 1 is 1.08 bits per heavy atom. The summed E-state index contributed by atoms with van der Waals surface area (Å²) in [6.07, 6.45) is 2.66. The van der Waals surface area contributed by atoms with E-state index in [1.165, 1.54) is 4.31 Å². The van der Waals surface area contributed by atoms with Crippen molar-refractivity contribution in [2.45, 2.75) is 11.0 Å². The van der Waals surface area contributed by atoms with Crippen LogP contribution in [0.1, 0.15) is 12.0 Å². The number of sulfonamides is 1. The van der Waals surface area contributed by atoms with Gasteiger partial charge in [0, 0.05) is 31.0 Å². The molecule has 1 fully saturated rings. The Kier molecular flexibility index (Phi) is 4.49. The molecule has 0 spiro atoms. The van der Waals surface area contributed by atoms with Crippen LogP contribution in [-0.2, 0) is 14.8 Å². The molecular formula is C17H16N4O4S. The fourth-order valence-corrected chi connectivity index (χ4v) is 4.16. The van der Waals surface area contributed by atoms with Gasteiger partial charge in [0.05, 0.1) is 11.5 Å². The first-order chi connectivity index (χ1) is 12.6. The maximum absolute atomic E-state index is 12.8. The van der Waals surface area contributed by atoms with Gasteiger partial charge in [-0.05, 0) is 24.3 Å². The molecule has 9 heteroatoms. The van der Waals surface area contributed by atoms with E-state index < -0.39 is 16.1 Å². The number of benzene rings is 1. The van der Waals surface area contributed by atoms with Crippen LogP contribution in [0.2, 0.25) is 0 Å². The molecule has 8 nitrogen and oxygen atoms in total. The maximum Gasteiger partial charge on any atom is 0.257 e. The summed E-state index contributed by atoms with van der Waals surface area (Å²) in [5.41, 5.74) is 0.763. The van der Waals surface area contributed by atoms with E-state index >= 15 is 0 Å². The second-order valence-electron chi connectivity index (χ2n) is 5.73. The Labute approximate surface area is 150 Å². The van der Waals surface area contributed by atoms with Crippen LogP contribution in [0.25, 0.3) is 11.4 Å². The van der Waals surface area contributed by atoms with Crippen LogP contribution in [0.5, 0.6) is 0 Å². The summed E-state index contributed by atoms with van der Waals surface area (Å²) in [6, 6.07) is 11.9. The lowest BCUT2D eigenvalue weighted by atomic mass is 10.2. The third-order valence-electron chi connectivity index (χ3n) is 4.07. The number of nitrogens with zero attached hydrogens (tertiary/aromatic N) is 4. The molecule has 1 aromatic carbocycles. The molecule has 3 heterocycles. The van der Waals surface area contributed by atoms with Gasteiger partial charge in [-0.25, -0.2) is 8.42 Å². The molecule has 0 N–H and O–H groups in total. The quantitative estimate of drug-likeness (QED) is 0.690. The third kappa shape index (κ3) is 3.24. The van der Waals surface area contributed by atoms with Crippen molar-refractivity contribution in [3.05, 3.63) is 60.7 Å². The van der Waals surface area contributed by atoms with E-state index in [0.717, 1.165) is 5.56 Å². The van der Waals surface area contributed by atoms with Gasteiger partial charge in [0.2, 0.25) is 15.8 Å². The monoisotopic (exact) mass is 372 g/mol. The summed E-state index contributed by atoms with van der Waals surface area (Å²) in [4.78, 5) is 8.54. The number of pyridine rings is 1. The van der Waals surface area contributed by atoms with Gasteiger partial charge >= 0.3 is 0 Å². The van der Waals surface area contributed by atoms with Gasteiger partial charge in [0.15, 0.2) is 6.10 Å². The molecule has 2 aromatic heterocycles. The van der Waals surface area contributed by atoms with Crippen LogP contribution < -0.4 is 0 Å². The van der Waals surface area contributed by atoms with Crippen LogP contribution in [0, 0.1) is 0 Å². The SMILES string of the molecule is O=S(=O)(c1ccccc1)N1CCO[C@H](c2nc(-c3ccncc3)no2)C1. The molecule has 0 unspecified atom stereocenters. The van der Waals surface area contributed by atoms with E-state index in [0.29, 0.717) is 5.82 Å². The van der Waals surface area contributed by atoms with Gasteiger partial charge in [-0.3, -0.25) is 4.98 Å². The van der Waals surface area contributed by atoms with E-state index in [1.807, 2.05) is 0 Å². The minimum atomic E-state index is -3.59. The zero-order chi connectivity index (χ0) is 18.0. The Morgan fingerprint density at radius 3 is 2.62 bits per heavy atom. The lowest BCUT2D eigenvalue weighted by Crippen LogP contribution is -2.42. The van der Waals surface area contributed by atoms with Crippen molar-refractivity contribution in [1.29, 1.82) is 0 Å². The lowest BCUT2D eigenvalue weighted by Gasteiger charge is -2.30. The molecule has 0 bridgehead atoms. The zero-order valence-electron chi connectivity index (χ0n) is 13.7. The van der Waals surface area contributed by atoms with Crippen LogP contribution in [0.3, 0.4) is 0 Å². The summed E-state index contributed by atoms with van der Waals surface area (Å²) < 4.78 is 37.9. The van der Waals surface area contributed by atoms with Crippen molar-refractivity contribution >= 4 is 10.0 Å². The lowest BCUT2D eigenvalue weighted by molar-refractivity contribution is -0.0199. The summed E-state index contributed by atoms with van der Waals surface area (Å²) in [6.45, 7) is 0.651. The summed E-state index contributed by atoms with van der Waals surface area (Å²) in [5.74, 6) is 0.666. The number of aromatic nitrogens is 3. The topological polar surface area (TPSA) is 98.4 Å². The highest BCUT2D eigenvalue weighted by Gasteiger charge is 2.34. The third-order valence-corrected chi connectivity index (χ3v) is 5.95. The molecule has 134 valence electrons. The van der Waals surface area contributed by atoms with Crippen LogP contribution in [0.4, 0.5) is 0 Å². The first-order valence-electron chi connectivity index (χ1n) is 8.05. The molecular weight excluding hydrogens is 356 g/mol. The van der Waals surface area contributed by atoms with E-state index in [9.17, 15) is 8.42 Å². The molecule has 1 atom stereocenters. The molecule has 1 aliphatic heterocycles. The van der Waals surface area contributed by atoms with Crippen molar-refractivity contribution < 1.29 is 17.7 Å². The first kappa shape index (κ1) is 16.8. The normalized spacial score (nSPS) is 18.7. The fraction of sp³-hybridized carbons (Fsp3) is 0.235. The number of rotatable bonds is 4. The average molecular weight is 372 g/mol. The fourth-order valence-electron chi connectivity index (χ4n) is 2.72. The smallest absolute Gasteiger partial charge is 0.257 e. The van der Waals surface area contributed by atoms with Crippen molar-refractivity contribution in [3.63, 3.8) is 0 Å². The molecule has 4 rings (SSSR count). The first-order valence-corrected chi connectivity index (χ1v) is 9.49. The molecule has 0 aliphatic carbocycles. The predicted molar refractivity (Wildman–Crippen MR) is 91.4 cm³/mol.